The third-order valence-electron chi connectivity index (χ3n) is 4.80. The minimum Gasteiger partial charge on any atom is -0.454 e. The van der Waals surface area contributed by atoms with Crippen molar-refractivity contribution in [2.75, 3.05) is 0 Å². The van der Waals surface area contributed by atoms with E-state index in [1.807, 2.05) is 30.3 Å². The Kier molecular flexibility index (Phi) is 5.14. The van der Waals surface area contributed by atoms with Crippen molar-refractivity contribution in [3.05, 3.63) is 71.6 Å². The van der Waals surface area contributed by atoms with Crippen molar-refractivity contribution < 1.29 is 23.5 Å². The number of esters is 1. The lowest BCUT2D eigenvalue weighted by Gasteiger charge is -2.27. The maximum atomic E-state index is 12.8. The zero-order chi connectivity index (χ0) is 21.3. The zero-order valence-corrected chi connectivity index (χ0v) is 16.4. The van der Waals surface area contributed by atoms with Crippen molar-refractivity contribution in [3.8, 4) is 11.5 Å². The van der Waals surface area contributed by atoms with Crippen molar-refractivity contribution in [3.63, 3.8) is 0 Å². The van der Waals surface area contributed by atoms with E-state index in [0.29, 0.717) is 5.89 Å². The van der Waals surface area contributed by atoms with Crippen molar-refractivity contribution in [2.24, 2.45) is 5.92 Å². The molecule has 0 fully saturated rings. The number of benzene rings is 2. The van der Waals surface area contributed by atoms with Gasteiger partial charge in [0.2, 0.25) is 5.89 Å². The molecule has 0 aliphatic carbocycles. The summed E-state index contributed by atoms with van der Waals surface area (Å²) in [7, 11) is 0. The van der Waals surface area contributed by atoms with Crippen molar-refractivity contribution >= 4 is 17.8 Å². The van der Waals surface area contributed by atoms with Crippen LogP contribution in [0.25, 0.3) is 11.5 Å². The topological polar surface area (TPSA) is 103 Å². The highest BCUT2D eigenvalue weighted by atomic mass is 16.5. The van der Waals surface area contributed by atoms with E-state index in [9.17, 15) is 14.4 Å². The second-order valence-electron chi connectivity index (χ2n) is 7.19. The van der Waals surface area contributed by atoms with Gasteiger partial charge in [-0.3, -0.25) is 14.5 Å². The quantitative estimate of drug-likeness (QED) is 0.459. The molecule has 30 heavy (non-hydrogen) atoms. The Hall–Kier alpha value is -3.81. The maximum absolute atomic E-state index is 12.8. The summed E-state index contributed by atoms with van der Waals surface area (Å²) in [4.78, 5) is 39.3. The maximum Gasteiger partial charge on any atom is 0.330 e. The van der Waals surface area contributed by atoms with Gasteiger partial charge in [-0.05, 0) is 30.2 Å². The van der Waals surface area contributed by atoms with Crippen molar-refractivity contribution in [2.45, 2.75) is 26.5 Å². The van der Waals surface area contributed by atoms with Crippen LogP contribution in [0.4, 0.5) is 0 Å². The molecule has 0 saturated heterocycles. The molecule has 0 saturated carbocycles. The zero-order valence-electron chi connectivity index (χ0n) is 16.4. The molecule has 1 aliphatic heterocycles. The third-order valence-corrected chi connectivity index (χ3v) is 4.80. The van der Waals surface area contributed by atoms with Crippen molar-refractivity contribution in [1.82, 2.24) is 15.1 Å². The van der Waals surface area contributed by atoms with E-state index in [2.05, 4.69) is 10.2 Å². The number of rotatable bonds is 6. The Morgan fingerprint density at radius 1 is 0.967 bits per heavy atom. The van der Waals surface area contributed by atoms with Crippen LogP contribution in [0.2, 0.25) is 0 Å². The summed E-state index contributed by atoms with van der Waals surface area (Å²) in [5.74, 6) is -1.64. The molecule has 0 N–H and O–H groups in total. The fourth-order valence-electron chi connectivity index (χ4n) is 3.36. The fraction of sp³-hybridized carbons (Fsp3) is 0.227. The molecule has 1 atom stereocenters. The van der Waals surface area contributed by atoms with Gasteiger partial charge in [-0.25, -0.2) is 4.79 Å². The molecule has 2 amide bonds. The second kappa shape index (κ2) is 7.90. The van der Waals surface area contributed by atoms with Gasteiger partial charge in [-0.15, -0.1) is 10.2 Å². The Morgan fingerprint density at radius 2 is 1.57 bits per heavy atom. The van der Waals surface area contributed by atoms with Crippen LogP contribution in [0, 0.1) is 5.92 Å². The molecule has 1 aliphatic rings. The first-order chi connectivity index (χ1) is 14.5. The predicted molar refractivity (Wildman–Crippen MR) is 105 cm³/mol. The summed E-state index contributed by atoms with van der Waals surface area (Å²) in [5, 5.41) is 7.83. The van der Waals surface area contributed by atoms with Gasteiger partial charge in [0.05, 0.1) is 11.1 Å². The number of amides is 2. The third kappa shape index (κ3) is 3.47. The number of fused-ring (bicyclic) bond motifs is 1. The van der Waals surface area contributed by atoms with E-state index in [-0.39, 0.29) is 29.5 Å². The van der Waals surface area contributed by atoms with Crippen LogP contribution in [0.5, 0.6) is 0 Å². The van der Waals surface area contributed by atoms with Gasteiger partial charge < -0.3 is 9.15 Å². The predicted octanol–water partition coefficient (Wildman–Crippen LogP) is 3.10. The molecule has 4 rings (SSSR count). The van der Waals surface area contributed by atoms with E-state index in [1.165, 1.54) is 0 Å². The van der Waals surface area contributed by atoms with E-state index in [1.54, 1.807) is 38.1 Å². The lowest BCUT2D eigenvalue weighted by Crippen LogP contribution is -2.48. The molecule has 0 spiro atoms. The Balaban J connectivity index is 1.49. The molecule has 0 unspecified atom stereocenters. The smallest absolute Gasteiger partial charge is 0.330 e. The van der Waals surface area contributed by atoms with Crippen LogP contribution in [-0.4, -0.2) is 38.9 Å². The highest BCUT2D eigenvalue weighted by molar-refractivity contribution is 6.22. The van der Waals surface area contributed by atoms with E-state index < -0.39 is 23.8 Å². The first kappa shape index (κ1) is 19.5. The number of hydrogen-bond acceptors (Lipinski definition) is 7. The summed E-state index contributed by atoms with van der Waals surface area (Å²) >= 11 is 0. The van der Waals surface area contributed by atoms with Crippen LogP contribution < -0.4 is 0 Å². The lowest BCUT2D eigenvalue weighted by molar-refractivity contribution is -0.151. The van der Waals surface area contributed by atoms with Gasteiger partial charge in [-0.1, -0.05) is 44.2 Å². The lowest BCUT2D eigenvalue weighted by atomic mass is 10.0. The SMILES string of the molecule is CC(C)[C@H](C(=O)OCc1nnc(-c2ccccc2)o1)N1C(=O)c2ccccc2C1=O. The molecule has 2 aromatic carbocycles. The number of nitrogens with zero attached hydrogens (tertiary/aromatic N) is 3. The van der Waals surface area contributed by atoms with Gasteiger partial charge in [0.1, 0.15) is 6.04 Å². The molecule has 1 aromatic heterocycles. The van der Waals surface area contributed by atoms with Gasteiger partial charge in [0.15, 0.2) is 6.61 Å². The highest BCUT2D eigenvalue weighted by Gasteiger charge is 2.44. The summed E-state index contributed by atoms with van der Waals surface area (Å²) < 4.78 is 10.9. The van der Waals surface area contributed by atoms with Crippen LogP contribution in [0.3, 0.4) is 0 Å². The number of hydrogen-bond donors (Lipinski definition) is 0. The summed E-state index contributed by atoms with van der Waals surface area (Å²) in [6.45, 7) is 3.23. The minimum atomic E-state index is -1.06. The number of aromatic nitrogens is 2. The standard InChI is InChI=1S/C22H19N3O5/c1-13(2)18(25-20(26)15-10-6-7-11-16(15)21(25)27)22(28)29-12-17-23-24-19(30-17)14-8-4-3-5-9-14/h3-11,13,18H,12H2,1-2H3/t18-/m1/s1. The highest BCUT2D eigenvalue weighted by Crippen LogP contribution is 2.28. The average Bonchev–Trinajstić information content (AvgIpc) is 3.32. The molecule has 152 valence electrons. The molecular weight excluding hydrogens is 386 g/mol. The normalized spacial score (nSPS) is 14.2. The van der Waals surface area contributed by atoms with Gasteiger partial charge >= 0.3 is 5.97 Å². The Labute approximate surface area is 172 Å². The number of ether oxygens (including phenoxy) is 1. The Bertz CT molecular complexity index is 1070. The van der Waals surface area contributed by atoms with E-state index in [0.717, 1.165) is 10.5 Å². The summed E-state index contributed by atoms with van der Waals surface area (Å²) in [6.07, 6.45) is 0. The van der Waals surface area contributed by atoms with Crippen LogP contribution >= 0.6 is 0 Å². The molecule has 0 bridgehead atoms. The molecular formula is C22H19N3O5. The van der Waals surface area contributed by atoms with Gasteiger partial charge in [0, 0.05) is 5.56 Å². The number of carbonyl (C=O) groups excluding carboxylic acids is 3. The summed E-state index contributed by atoms with van der Waals surface area (Å²) in [5.41, 5.74) is 1.31. The average molecular weight is 405 g/mol. The van der Waals surface area contributed by atoms with Crippen LogP contribution in [-0.2, 0) is 16.1 Å². The van der Waals surface area contributed by atoms with Gasteiger partial charge in [-0.2, -0.15) is 0 Å². The van der Waals surface area contributed by atoms with Gasteiger partial charge in [0.25, 0.3) is 17.7 Å². The van der Waals surface area contributed by atoms with Crippen LogP contribution in [0.1, 0.15) is 40.5 Å². The second-order valence-corrected chi connectivity index (χ2v) is 7.19. The van der Waals surface area contributed by atoms with Crippen LogP contribution in [0.15, 0.2) is 59.0 Å². The fourth-order valence-corrected chi connectivity index (χ4v) is 3.36. The first-order valence-corrected chi connectivity index (χ1v) is 9.48. The Morgan fingerprint density at radius 3 is 2.17 bits per heavy atom. The van der Waals surface area contributed by atoms with Crippen molar-refractivity contribution in [1.29, 1.82) is 0 Å². The summed E-state index contributed by atoms with van der Waals surface area (Å²) in [6, 6.07) is 14.6. The molecule has 8 nitrogen and oxygen atoms in total. The first-order valence-electron chi connectivity index (χ1n) is 9.48. The monoisotopic (exact) mass is 405 g/mol. The molecule has 2 heterocycles. The molecule has 3 aromatic rings. The number of carbonyl (C=O) groups is 3. The largest absolute Gasteiger partial charge is 0.454 e. The molecule has 0 radical (unpaired) electrons. The van der Waals surface area contributed by atoms with E-state index >= 15 is 0 Å². The van der Waals surface area contributed by atoms with E-state index in [4.69, 9.17) is 9.15 Å². The molecule has 8 heteroatoms. The minimum absolute atomic E-state index is 0.118. The number of imide groups is 1.